The number of nitrogens with two attached hydrogens (primary N) is 1. The minimum Gasteiger partial charge on any atom is -0.385 e. The van der Waals surface area contributed by atoms with E-state index in [1.54, 1.807) is 19.2 Å². The first-order valence-corrected chi connectivity index (χ1v) is 5.63. The van der Waals surface area contributed by atoms with Gasteiger partial charge in [-0.25, -0.2) is 4.39 Å². The van der Waals surface area contributed by atoms with Crippen molar-refractivity contribution < 1.29 is 9.13 Å². The van der Waals surface area contributed by atoms with E-state index in [1.165, 1.54) is 6.07 Å². The number of hydrogen-bond donors (Lipinski definition) is 3. The van der Waals surface area contributed by atoms with Crippen LogP contribution in [-0.2, 0) is 4.74 Å². The van der Waals surface area contributed by atoms with Crippen LogP contribution in [0.5, 0.6) is 0 Å². The van der Waals surface area contributed by atoms with E-state index in [2.05, 4.69) is 10.6 Å². The topological polar surface area (TPSA) is 59.3 Å². The van der Waals surface area contributed by atoms with Gasteiger partial charge in [0.05, 0.1) is 11.4 Å². The molecule has 6 heteroatoms. The molecule has 1 rings (SSSR count). The summed E-state index contributed by atoms with van der Waals surface area (Å²) in [5.41, 5.74) is 6.28. The van der Waals surface area contributed by atoms with Crippen molar-refractivity contribution in [2.24, 2.45) is 5.73 Å². The summed E-state index contributed by atoms with van der Waals surface area (Å²) in [7, 11) is 1.63. The molecule has 0 radical (unpaired) electrons. The number of anilines is 2. The summed E-state index contributed by atoms with van der Waals surface area (Å²) in [4.78, 5) is 0. The molecule has 0 bridgehead atoms. The van der Waals surface area contributed by atoms with Crippen LogP contribution in [-0.4, -0.2) is 25.4 Å². The number of ether oxygens (including phenoxy) is 1. The Labute approximate surface area is 105 Å². The Morgan fingerprint density at radius 1 is 1.53 bits per heavy atom. The average molecular weight is 257 g/mol. The second kappa shape index (κ2) is 7.03. The molecule has 0 aliphatic rings. The van der Waals surface area contributed by atoms with Crippen molar-refractivity contribution in [3.8, 4) is 0 Å². The van der Waals surface area contributed by atoms with E-state index in [4.69, 9.17) is 22.7 Å². The lowest BCUT2D eigenvalue weighted by atomic mass is 10.2. The van der Waals surface area contributed by atoms with Crippen LogP contribution in [0.2, 0.25) is 0 Å². The molecule has 0 spiro atoms. The van der Waals surface area contributed by atoms with Gasteiger partial charge in [-0.2, -0.15) is 0 Å². The Morgan fingerprint density at radius 3 is 2.94 bits per heavy atom. The van der Waals surface area contributed by atoms with Crippen molar-refractivity contribution in [1.29, 1.82) is 0 Å². The largest absolute Gasteiger partial charge is 0.385 e. The van der Waals surface area contributed by atoms with E-state index in [9.17, 15) is 4.39 Å². The van der Waals surface area contributed by atoms with Gasteiger partial charge in [-0.05, 0) is 30.8 Å². The Bertz CT molecular complexity index is 387. The molecule has 1 aromatic carbocycles. The second-order valence-electron chi connectivity index (χ2n) is 3.42. The monoisotopic (exact) mass is 257 g/mol. The highest BCUT2D eigenvalue weighted by Gasteiger charge is 2.07. The zero-order valence-corrected chi connectivity index (χ0v) is 10.4. The number of methoxy groups -OCH3 is 1. The van der Waals surface area contributed by atoms with Gasteiger partial charge in [-0.3, -0.25) is 0 Å². The Morgan fingerprint density at radius 2 is 2.29 bits per heavy atom. The van der Waals surface area contributed by atoms with E-state index in [1.807, 2.05) is 0 Å². The molecule has 0 aliphatic heterocycles. The first-order valence-electron chi connectivity index (χ1n) is 5.23. The number of thiocarbonyl (C=S) groups is 1. The summed E-state index contributed by atoms with van der Waals surface area (Å²) in [5, 5.41) is 5.83. The first kappa shape index (κ1) is 13.7. The number of para-hydroxylation sites is 1. The molecule has 0 aliphatic carbocycles. The number of halogens is 1. The number of benzene rings is 1. The summed E-state index contributed by atoms with van der Waals surface area (Å²) < 4.78 is 18.5. The van der Waals surface area contributed by atoms with Crippen LogP contribution in [0.1, 0.15) is 6.42 Å². The standard InChI is InChI=1S/C11H16FN3OS/c1-16-7-3-6-14-10-8(12)4-2-5-9(10)15-11(13)17/h2,4-5,14H,3,6-7H2,1H3,(H3,13,15,17). The van der Waals surface area contributed by atoms with E-state index in [-0.39, 0.29) is 10.9 Å². The minimum absolute atomic E-state index is 0.107. The zero-order valence-electron chi connectivity index (χ0n) is 9.63. The average Bonchev–Trinajstić information content (AvgIpc) is 2.26. The van der Waals surface area contributed by atoms with Crippen LogP contribution >= 0.6 is 12.2 Å². The Hall–Kier alpha value is -1.40. The van der Waals surface area contributed by atoms with Crippen LogP contribution < -0.4 is 16.4 Å². The van der Waals surface area contributed by atoms with Crippen LogP contribution in [0.3, 0.4) is 0 Å². The SMILES string of the molecule is COCCCNc1c(F)cccc1NC(N)=S. The van der Waals surface area contributed by atoms with E-state index < -0.39 is 0 Å². The van der Waals surface area contributed by atoms with E-state index in [0.717, 1.165) is 6.42 Å². The van der Waals surface area contributed by atoms with Gasteiger partial charge < -0.3 is 21.1 Å². The third kappa shape index (κ3) is 4.54. The van der Waals surface area contributed by atoms with Gasteiger partial charge in [-0.1, -0.05) is 6.07 Å². The molecule has 17 heavy (non-hydrogen) atoms. The van der Waals surface area contributed by atoms with Gasteiger partial charge in [0.2, 0.25) is 0 Å². The van der Waals surface area contributed by atoms with Gasteiger partial charge in [0.1, 0.15) is 5.82 Å². The van der Waals surface area contributed by atoms with Crippen molar-refractivity contribution in [3.05, 3.63) is 24.0 Å². The highest BCUT2D eigenvalue weighted by molar-refractivity contribution is 7.80. The minimum atomic E-state index is -0.344. The fourth-order valence-corrected chi connectivity index (χ4v) is 1.48. The highest BCUT2D eigenvalue weighted by atomic mass is 32.1. The molecule has 0 heterocycles. The van der Waals surface area contributed by atoms with Gasteiger partial charge >= 0.3 is 0 Å². The highest BCUT2D eigenvalue weighted by Crippen LogP contribution is 2.24. The van der Waals surface area contributed by atoms with Crippen LogP contribution in [0, 0.1) is 5.82 Å². The van der Waals surface area contributed by atoms with Crippen molar-refractivity contribution in [2.45, 2.75) is 6.42 Å². The van der Waals surface area contributed by atoms with Gasteiger partial charge in [-0.15, -0.1) is 0 Å². The third-order valence-electron chi connectivity index (χ3n) is 2.10. The number of nitrogens with one attached hydrogen (secondary N) is 2. The molecular weight excluding hydrogens is 241 g/mol. The lowest BCUT2D eigenvalue weighted by molar-refractivity contribution is 0.198. The molecule has 1 aromatic rings. The lowest BCUT2D eigenvalue weighted by Gasteiger charge is -2.13. The fraction of sp³-hybridized carbons (Fsp3) is 0.364. The molecule has 0 atom stereocenters. The van der Waals surface area contributed by atoms with Crippen LogP contribution in [0.25, 0.3) is 0 Å². The summed E-state index contributed by atoms with van der Waals surface area (Å²) in [5.74, 6) is -0.344. The lowest BCUT2D eigenvalue weighted by Crippen LogP contribution is -2.20. The fourth-order valence-electron chi connectivity index (χ4n) is 1.37. The third-order valence-corrected chi connectivity index (χ3v) is 2.20. The van der Waals surface area contributed by atoms with Crippen LogP contribution in [0.15, 0.2) is 18.2 Å². The zero-order chi connectivity index (χ0) is 12.7. The van der Waals surface area contributed by atoms with Crippen molar-refractivity contribution in [2.75, 3.05) is 30.9 Å². The predicted molar refractivity (Wildman–Crippen MR) is 71.8 cm³/mol. The van der Waals surface area contributed by atoms with Crippen LogP contribution in [0.4, 0.5) is 15.8 Å². The normalized spacial score (nSPS) is 10.0. The maximum Gasteiger partial charge on any atom is 0.168 e. The van der Waals surface area contributed by atoms with E-state index in [0.29, 0.717) is 24.5 Å². The molecule has 0 saturated carbocycles. The molecule has 94 valence electrons. The van der Waals surface area contributed by atoms with Crippen molar-refractivity contribution in [3.63, 3.8) is 0 Å². The molecule has 0 saturated heterocycles. The van der Waals surface area contributed by atoms with E-state index >= 15 is 0 Å². The summed E-state index contributed by atoms with van der Waals surface area (Å²) >= 11 is 4.73. The van der Waals surface area contributed by atoms with Gasteiger partial charge in [0, 0.05) is 20.3 Å². The molecule has 4 N–H and O–H groups in total. The molecule has 0 amide bonds. The van der Waals surface area contributed by atoms with Gasteiger partial charge in [0.25, 0.3) is 0 Å². The number of hydrogen-bond acceptors (Lipinski definition) is 3. The summed E-state index contributed by atoms with van der Waals surface area (Å²) in [6.07, 6.45) is 0.789. The molecule has 4 nitrogen and oxygen atoms in total. The number of rotatable bonds is 6. The summed E-state index contributed by atoms with van der Waals surface area (Å²) in [6, 6.07) is 4.68. The summed E-state index contributed by atoms with van der Waals surface area (Å²) in [6.45, 7) is 1.24. The molecule has 0 unspecified atom stereocenters. The Kier molecular flexibility index (Phi) is 5.65. The Balaban J connectivity index is 2.70. The van der Waals surface area contributed by atoms with Gasteiger partial charge in [0.15, 0.2) is 5.11 Å². The predicted octanol–water partition coefficient (Wildman–Crippen LogP) is 1.93. The molecule has 0 aromatic heterocycles. The first-order chi connectivity index (χ1) is 8.15. The maximum absolute atomic E-state index is 13.6. The van der Waals surface area contributed by atoms with Crippen molar-refractivity contribution in [1.82, 2.24) is 0 Å². The second-order valence-corrected chi connectivity index (χ2v) is 3.86. The quantitative estimate of drug-likeness (QED) is 0.537. The molecule has 0 fully saturated rings. The maximum atomic E-state index is 13.6. The molecular formula is C11H16FN3OS. The smallest absolute Gasteiger partial charge is 0.168 e. The van der Waals surface area contributed by atoms with Crippen molar-refractivity contribution >= 4 is 28.7 Å².